The molecule has 0 atom stereocenters. The van der Waals surface area contributed by atoms with E-state index in [0.717, 1.165) is 0 Å². The molecule has 0 saturated heterocycles. The molecule has 1 heteroatoms. The third kappa shape index (κ3) is 2.62. The van der Waals surface area contributed by atoms with Crippen LogP contribution in [-0.4, -0.2) is 4.98 Å². The summed E-state index contributed by atoms with van der Waals surface area (Å²) in [6.07, 6.45) is 1.98. The Bertz CT molecular complexity index is 423. The molecule has 1 heterocycles. The number of hydrogen-bond donors (Lipinski definition) is 1. The fraction of sp³-hybridized carbons (Fsp3) is 0.429. The van der Waals surface area contributed by atoms with Crippen molar-refractivity contribution in [2.24, 2.45) is 0 Å². The summed E-state index contributed by atoms with van der Waals surface area (Å²) in [6, 6.07) is 8.71. The first kappa shape index (κ1) is 11.8. The van der Waals surface area contributed by atoms with Gasteiger partial charge in [0.25, 0.3) is 0 Å². The van der Waals surface area contributed by atoms with E-state index in [1.165, 1.54) is 16.5 Å². The molecule has 1 nitrogen and oxygen atoms in total. The smallest absolute Gasteiger partial charge is 0.0454 e. The number of rotatable bonds is 0. The third-order valence-corrected chi connectivity index (χ3v) is 2.42. The molecular weight excluding hydrogens is 182 g/mol. The van der Waals surface area contributed by atoms with Gasteiger partial charge in [-0.15, -0.1) is 0 Å². The van der Waals surface area contributed by atoms with Crippen LogP contribution in [0, 0.1) is 0 Å². The Morgan fingerprint density at radius 2 is 1.73 bits per heavy atom. The largest absolute Gasteiger partial charge is 0.361 e. The number of H-pyrrole nitrogens is 1. The molecule has 0 aliphatic rings. The van der Waals surface area contributed by atoms with Crippen LogP contribution in [-0.2, 0) is 5.41 Å². The molecule has 0 saturated carbocycles. The van der Waals surface area contributed by atoms with Crippen LogP contribution < -0.4 is 0 Å². The second kappa shape index (κ2) is 4.52. The average Bonchev–Trinajstić information content (AvgIpc) is 2.66. The van der Waals surface area contributed by atoms with E-state index < -0.39 is 0 Å². The van der Waals surface area contributed by atoms with Crippen LogP contribution in [0.2, 0.25) is 0 Å². The predicted molar refractivity (Wildman–Crippen MR) is 70.5 cm³/mol. The minimum atomic E-state index is 0. The fourth-order valence-electron chi connectivity index (χ4n) is 1.52. The van der Waals surface area contributed by atoms with Crippen molar-refractivity contribution in [3.8, 4) is 0 Å². The van der Waals surface area contributed by atoms with Crippen molar-refractivity contribution in [1.29, 1.82) is 0 Å². The molecule has 1 aromatic carbocycles. The minimum Gasteiger partial charge on any atom is -0.361 e. The number of benzene rings is 1. The maximum absolute atomic E-state index is 3.20. The van der Waals surface area contributed by atoms with Gasteiger partial charge in [0, 0.05) is 13.1 Å². The Morgan fingerprint density at radius 1 is 1.07 bits per heavy atom. The zero-order valence-corrected chi connectivity index (χ0v) is 10.4. The quantitative estimate of drug-likeness (QED) is 0.639. The summed E-state index contributed by atoms with van der Waals surface area (Å²) in [4.78, 5) is 3.20. The Morgan fingerprint density at radius 3 is 2.33 bits per heavy atom. The zero-order chi connectivity index (χ0) is 11.5. The summed E-state index contributed by atoms with van der Waals surface area (Å²) in [5, 5.41) is 1.30. The zero-order valence-electron chi connectivity index (χ0n) is 10.4. The van der Waals surface area contributed by atoms with E-state index in [0.29, 0.717) is 0 Å². The molecule has 0 spiro atoms. The van der Waals surface area contributed by atoms with Crippen LogP contribution in [0.4, 0.5) is 0 Å². The van der Waals surface area contributed by atoms with Gasteiger partial charge in [-0.05, 0) is 34.6 Å². The highest BCUT2D eigenvalue weighted by molar-refractivity contribution is 5.80. The van der Waals surface area contributed by atoms with Crippen LogP contribution in [0.25, 0.3) is 10.9 Å². The van der Waals surface area contributed by atoms with Crippen LogP contribution in [0.15, 0.2) is 30.5 Å². The summed E-state index contributed by atoms with van der Waals surface area (Å²) in [7, 11) is 0. The van der Waals surface area contributed by atoms with Crippen molar-refractivity contribution >= 4 is 10.9 Å². The molecule has 2 rings (SSSR count). The maximum Gasteiger partial charge on any atom is 0.0454 e. The number of nitrogens with one attached hydrogen (secondary N) is 1. The Kier molecular flexibility index (Phi) is 3.57. The molecule has 0 bridgehead atoms. The SMILES string of the molecule is CC.CC(C)(C)c1ccc2[nH]ccc2c1.[HH]. The van der Waals surface area contributed by atoms with E-state index in [1.807, 2.05) is 20.0 Å². The van der Waals surface area contributed by atoms with Gasteiger partial charge < -0.3 is 4.98 Å². The van der Waals surface area contributed by atoms with Crippen molar-refractivity contribution in [1.82, 2.24) is 4.98 Å². The summed E-state index contributed by atoms with van der Waals surface area (Å²) in [6.45, 7) is 10.7. The molecule has 15 heavy (non-hydrogen) atoms. The lowest BCUT2D eigenvalue weighted by atomic mass is 9.86. The Balaban J connectivity index is 0.000000711. The lowest BCUT2D eigenvalue weighted by Gasteiger charge is -2.18. The van der Waals surface area contributed by atoms with Crippen molar-refractivity contribution in [3.63, 3.8) is 0 Å². The third-order valence-electron chi connectivity index (χ3n) is 2.42. The second-order valence-electron chi connectivity index (χ2n) is 4.53. The monoisotopic (exact) mass is 205 g/mol. The van der Waals surface area contributed by atoms with Crippen LogP contribution in [0.1, 0.15) is 41.6 Å². The maximum atomic E-state index is 3.20. The lowest BCUT2D eigenvalue weighted by Crippen LogP contribution is -2.10. The highest BCUT2D eigenvalue weighted by Gasteiger charge is 2.13. The van der Waals surface area contributed by atoms with E-state index in [1.54, 1.807) is 0 Å². The molecule has 84 valence electrons. The summed E-state index contributed by atoms with van der Waals surface area (Å²) in [5.74, 6) is 0. The summed E-state index contributed by atoms with van der Waals surface area (Å²) >= 11 is 0. The van der Waals surface area contributed by atoms with Gasteiger partial charge in [-0.1, -0.05) is 40.7 Å². The number of fused-ring (bicyclic) bond motifs is 1. The van der Waals surface area contributed by atoms with E-state index >= 15 is 0 Å². The molecule has 2 aromatic rings. The number of aromatic nitrogens is 1. The minimum absolute atomic E-state index is 0. The second-order valence-corrected chi connectivity index (χ2v) is 4.53. The van der Waals surface area contributed by atoms with Gasteiger partial charge in [-0.2, -0.15) is 0 Å². The Labute approximate surface area is 94.0 Å². The first-order valence-electron chi connectivity index (χ1n) is 5.65. The van der Waals surface area contributed by atoms with Gasteiger partial charge >= 0.3 is 0 Å². The topological polar surface area (TPSA) is 15.8 Å². The number of aromatic amines is 1. The molecule has 0 unspecified atom stereocenters. The van der Waals surface area contributed by atoms with E-state index in [2.05, 4.69) is 50.0 Å². The molecular formula is C14H23N. The molecule has 0 aliphatic carbocycles. The van der Waals surface area contributed by atoms with Gasteiger partial charge in [-0.25, -0.2) is 0 Å². The normalized spacial score (nSPS) is 11.0. The van der Waals surface area contributed by atoms with Gasteiger partial charge in [0.1, 0.15) is 0 Å². The molecule has 1 aromatic heterocycles. The summed E-state index contributed by atoms with van der Waals surface area (Å²) in [5.41, 5.74) is 2.85. The number of hydrogen-bond acceptors (Lipinski definition) is 0. The van der Waals surface area contributed by atoms with Gasteiger partial charge in [0.2, 0.25) is 0 Å². The van der Waals surface area contributed by atoms with Gasteiger partial charge in [0.15, 0.2) is 0 Å². The first-order valence-corrected chi connectivity index (χ1v) is 5.65. The van der Waals surface area contributed by atoms with E-state index in [-0.39, 0.29) is 6.84 Å². The molecule has 0 radical (unpaired) electrons. The molecule has 0 fully saturated rings. The fourth-order valence-corrected chi connectivity index (χ4v) is 1.52. The first-order chi connectivity index (χ1) is 7.07. The van der Waals surface area contributed by atoms with Crippen LogP contribution in [0.3, 0.4) is 0 Å². The van der Waals surface area contributed by atoms with Crippen molar-refractivity contribution in [2.45, 2.75) is 40.0 Å². The molecule has 1 N–H and O–H groups in total. The van der Waals surface area contributed by atoms with E-state index in [9.17, 15) is 0 Å². The van der Waals surface area contributed by atoms with Crippen molar-refractivity contribution in [3.05, 3.63) is 36.0 Å². The summed E-state index contributed by atoms with van der Waals surface area (Å²) < 4.78 is 0. The van der Waals surface area contributed by atoms with Crippen molar-refractivity contribution < 1.29 is 1.43 Å². The van der Waals surface area contributed by atoms with Gasteiger partial charge in [-0.3, -0.25) is 0 Å². The van der Waals surface area contributed by atoms with Crippen LogP contribution in [0.5, 0.6) is 0 Å². The lowest BCUT2D eigenvalue weighted by molar-refractivity contribution is 0.591. The molecule has 0 amide bonds. The molecule has 0 aliphatic heterocycles. The van der Waals surface area contributed by atoms with E-state index in [4.69, 9.17) is 0 Å². The predicted octanol–water partition coefficient (Wildman–Crippen LogP) is 4.74. The highest BCUT2D eigenvalue weighted by atomic mass is 14.7. The average molecular weight is 205 g/mol. The Hall–Kier alpha value is -1.24. The standard InChI is InChI=1S/C12H15N.C2H6.H2/c1-12(2,3)10-4-5-11-9(8-10)6-7-13-11;1-2;/h4-8,13H,1-3H3;1-2H3;1H. The van der Waals surface area contributed by atoms with Crippen molar-refractivity contribution in [2.75, 3.05) is 0 Å². The van der Waals surface area contributed by atoms with Gasteiger partial charge in [0.05, 0.1) is 0 Å². The van der Waals surface area contributed by atoms with Crippen LogP contribution >= 0.6 is 0 Å². The highest BCUT2D eigenvalue weighted by Crippen LogP contribution is 2.25.